The highest BCUT2D eigenvalue weighted by atomic mass is 19.1. The fourth-order valence-electron chi connectivity index (χ4n) is 4.81. The van der Waals surface area contributed by atoms with Crippen LogP contribution in [0.4, 0.5) is 10.1 Å². The van der Waals surface area contributed by atoms with Crippen molar-refractivity contribution in [2.45, 2.75) is 93.0 Å². The third-order valence-electron chi connectivity index (χ3n) is 7.96. The molecule has 6 N–H and O–H groups in total. The van der Waals surface area contributed by atoms with Crippen molar-refractivity contribution in [3.8, 4) is 0 Å². The number of anilines is 1. The molecule has 0 spiro atoms. The van der Waals surface area contributed by atoms with Gasteiger partial charge in [-0.2, -0.15) is 0 Å². The van der Waals surface area contributed by atoms with Gasteiger partial charge in [0.15, 0.2) is 6.29 Å². The van der Waals surface area contributed by atoms with Crippen molar-refractivity contribution in [2.75, 3.05) is 45.8 Å². The summed E-state index contributed by atoms with van der Waals surface area (Å²) < 4.78 is 26.0. The first-order valence-corrected chi connectivity index (χ1v) is 18.0. The van der Waals surface area contributed by atoms with Gasteiger partial charge >= 0.3 is 0 Å². The lowest BCUT2D eigenvalue weighted by atomic mass is 9.93. The van der Waals surface area contributed by atoms with Crippen LogP contribution < -0.4 is 21.7 Å². The number of aromatic nitrogens is 1. The number of amides is 3. The van der Waals surface area contributed by atoms with Crippen molar-refractivity contribution >= 4 is 52.6 Å². The molecular formula is C39H59FN6O8. The van der Waals surface area contributed by atoms with E-state index in [0.29, 0.717) is 35.9 Å². The average Bonchev–Trinajstić information content (AvgIpc) is 3.44. The molecule has 0 saturated carbocycles. The molecule has 2 atom stereocenters. The van der Waals surface area contributed by atoms with Crippen LogP contribution in [0.1, 0.15) is 80.0 Å². The Morgan fingerprint density at radius 1 is 1.13 bits per heavy atom. The molecule has 0 fully saturated rings. The summed E-state index contributed by atoms with van der Waals surface area (Å²) in [4.78, 5) is 67.6. The van der Waals surface area contributed by atoms with Crippen LogP contribution in [0.3, 0.4) is 0 Å². The molecule has 2 aromatic rings. The van der Waals surface area contributed by atoms with Crippen molar-refractivity contribution in [1.29, 1.82) is 0 Å². The molecule has 14 nitrogen and oxygen atoms in total. The predicted molar refractivity (Wildman–Crippen MR) is 208 cm³/mol. The van der Waals surface area contributed by atoms with Crippen LogP contribution in [0.15, 0.2) is 35.4 Å². The number of carbonyl (C=O) groups excluding carboxylic acids is 5. The number of aliphatic hydroxyl groups is 1. The molecule has 15 heteroatoms. The third-order valence-corrected chi connectivity index (χ3v) is 7.96. The van der Waals surface area contributed by atoms with E-state index < -0.39 is 46.7 Å². The van der Waals surface area contributed by atoms with Crippen molar-refractivity contribution in [2.24, 2.45) is 11.1 Å². The molecule has 1 aliphatic rings. The first kappa shape index (κ1) is 47.5. The summed E-state index contributed by atoms with van der Waals surface area (Å²) in [5.41, 5.74) is 6.07. The second kappa shape index (κ2) is 22.0. The van der Waals surface area contributed by atoms with Gasteiger partial charge in [0, 0.05) is 44.3 Å². The van der Waals surface area contributed by atoms with E-state index in [4.69, 9.17) is 15.2 Å². The van der Waals surface area contributed by atoms with Gasteiger partial charge in [-0.05, 0) is 64.0 Å². The topological polar surface area (TPSA) is 202 Å². The standard InChI is InChI=1S/C34H45FN6O8.C3H8.C2H6/c1-19(38-29(45)12-37-32(47)33(2,3)18-49-34(4,5)17-36)31(46)40-26-9-20-8-21-13-41(6)27(30(21)39-25(20)11-24(26)35)10-23(28(44)15-43)22(14-42)16-48-7;1-3-2;1-2/h8-11,14-15,19,28,44H,12-13,16-18,36H2,1-7H3,(H,37,47)(H,38,45)(H,40,46);3H2,1-2H3;1-2H3/b23-22-,27-10-;;. The number of ether oxygens (including phenoxy) is 2. The molecule has 3 rings (SSSR count). The molecule has 0 saturated heterocycles. The number of nitrogens with two attached hydrogens (primary N) is 1. The lowest BCUT2D eigenvalue weighted by Crippen LogP contribution is -2.49. The number of nitrogens with zero attached hydrogens (tertiary/aromatic N) is 2. The second-order valence-corrected chi connectivity index (χ2v) is 13.8. The number of nitrogens with one attached hydrogen (secondary N) is 3. The van der Waals surface area contributed by atoms with Crippen LogP contribution in [-0.2, 0) is 40.0 Å². The number of hydrogen-bond acceptors (Lipinski definition) is 11. The van der Waals surface area contributed by atoms with E-state index in [0.717, 1.165) is 11.6 Å². The van der Waals surface area contributed by atoms with E-state index in [1.165, 1.54) is 32.6 Å². The van der Waals surface area contributed by atoms with Gasteiger partial charge in [-0.25, -0.2) is 9.37 Å². The van der Waals surface area contributed by atoms with Crippen molar-refractivity contribution < 1.29 is 42.9 Å². The highest BCUT2D eigenvalue weighted by molar-refractivity contribution is 5.99. The van der Waals surface area contributed by atoms with E-state index in [1.807, 2.05) is 13.8 Å². The largest absolute Gasteiger partial charge is 0.381 e. The average molecular weight is 759 g/mol. The number of fused-ring (bicyclic) bond motifs is 2. The number of aldehydes is 2. The van der Waals surface area contributed by atoms with Crippen LogP contribution in [0.25, 0.3) is 16.6 Å². The Hall–Kier alpha value is -4.57. The quantitative estimate of drug-likeness (QED) is 0.124. The van der Waals surface area contributed by atoms with Gasteiger partial charge in [0.2, 0.25) is 17.7 Å². The van der Waals surface area contributed by atoms with Crippen molar-refractivity contribution in [3.63, 3.8) is 0 Å². The SMILES string of the molecule is CC.CCC.COC/C(C=O)=C(/C=C1/c2nc3cc(F)c(NC(=O)C(C)NC(=O)CNC(=O)C(C)(C)COC(C)(C)CN)cc3cc2CN1C)C(O)C=O. The van der Waals surface area contributed by atoms with E-state index in [1.54, 1.807) is 45.7 Å². The Morgan fingerprint density at radius 3 is 2.31 bits per heavy atom. The Balaban J connectivity index is 0.00000277. The fraction of sp³-hybridized carbons (Fsp3) is 0.538. The van der Waals surface area contributed by atoms with E-state index in [-0.39, 0.29) is 48.7 Å². The van der Waals surface area contributed by atoms with Gasteiger partial charge in [0.1, 0.15) is 24.2 Å². The van der Waals surface area contributed by atoms with Crippen LogP contribution in [0.5, 0.6) is 0 Å². The minimum atomic E-state index is -1.58. The van der Waals surface area contributed by atoms with Gasteiger partial charge in [-0.3, -0.25) is 19.2 Å². The number of halogens is 1. The lowest BCUT2D eigenvalue weighted by molar-refractivity contribution is -0.138. The molecule has 2 unspecified atom stereocenters. The number of methoxy groups -OCH3 is 1. The summed E-state index contributed by atoms with van der Waals surface area (Å²) >= 11 is 0. The van der Waals surface area contributed by atoms with E-state index in [9.17, 15) is 29.1 Å². The highest BCUT2D eigenvalue weighted by Crippen LogP contribution is 2.35. The number of aliphatic hydroxyl groups excluding tert-OH is 1. The molecular weight excluding hydrogens is 699 g/mol. The molecule has 0 bridgehead atoms. The van der Waals surface area contributed by atoms with Crippen LogP contribution in [0.2, 0.25) is 0 Å². The number of rotatable bonds is 16. The first-order chi connectivity index (χ1) is 25.4. The van der Waals surface area contributed by atoms with E-state index in [2.05, 4.69) is 34.8 Å². The summed E-state index contributed by atoms with van der Waals surface area (Å²) in [5, 5.41) is 18.3. The lowest BCUT2D eigenvalue weighted by Gasteiger charge is -2.30. The van der Waals surface area contributed by atoms with Crippen molar-refractivity contribution in [3.05, 3.63) is 52.5 Å². The highest BCUT2D eigenvalue weighted by Gasteiger charge is 2.31. The zero-order chi connectivity index (χ0) is 41.4. The molecule has 0 aliphatic carbocycles. The maximum absolute atomic E-state index is 15.2. The first-order valence-electron chi connectivity index (χ1n) is 18.0. The summed E-state index contributed by atoms with van der Waals surface area (Å²) in [6.45, 7) is 16.8. The number of benzene rings is 1. The Kier molecular flexibility index (Phi) is 19.3. The smallest absolute Gasteiger partial charge is 0.246 e. The molecule has 300 valence electrons. The Morgan fingerprint density at radius 2 is 1.76 bits per heavy atom. The van der Waals surface area contributed by atoms with Crippen molar-refractivity contribution in [1.82, 2.24) is 20.5 Å². The van der Waals surface area contributed by atoms with Gasteiger partial charge in [0.05, 0.1) is 53.4 Å². The van der Waals surface area contributed by atoms with Gasteiger partial charge < -0.3 is 46.0 Å². The van der Waals surface area contributed by atoms with Gasteiger partial charge in [-0.1, -0.05) is 34.1 Å². The van der Waals surface area contributed by atoms with Crippen LogP contribution in [-0.4, -0.2) is 103 Å². The zero-order valence-electron chi connectivity index (χ0n) is 33.5. The van der Waals surface area contributed by atoms with E-state index >= 15 is 4.39 Å². The summed E-state index contributed by atoms with van der Waals surface area (Å²) in [6.07, 6.45) is 1.96. The number of carbonyl (C=O) groups is 5. The molecule has 1 aromatic heterocycles. The molecule has 54 heavy (non-hydrogen) atoms. The predicted octanol–water partition coefficient (Wildman–Crippen LogP) is 3.64. The molecule has 1 aliphatic heterocycles. The molecule has 2 heterocycles. The Labute approximate surface area is 318 Å². The molecule has 3 amide bonds. The summed E-state index contributed by atoms with van der Waals surface area (Å²) in [5.74, 6) is -2.52. The third kappa shape index (κ3) is 13.4. The fourth-order valence-corrected chi connectivity index (χ4v) is 4.81. The normalized spacial score (nSPS) is 14.7. The Bertz CT molecular complexity index is 1690. The van der Waals surface area contributed by atoms with Crippen LogP contribution >= 0.6 is 0 Å². The minimum absolute atomic E-state index is 0.0529. The maximum atomic E-state index is 15.2. The summed E-state index contributed by atoms with van der Waals surface area (Å²) in [6, 6.07) is 3.28. The van der Waals surface area contributed by atoms with Crippen LogP contribution in [0, 0.1) is 11.2 Å². The monoisotopic (exact) mass is 758 g/mol. The minimum Gasteiger partial charge on any atom is -0.381 e. The maximum Gasteiger partial charge on any atom is 0.246 e. The molecule has 0 radical (unpaired) electrons. The number of hydrogen-bond donors (Lipinski definition) is 5. The number of pyridine rings is 1. The van der Waals surface area contributed by atoms with Gasteiger partial charge in [-0.15, -0.1) is 0 Å². The second-order valence-electron chi connectivity index (χ2n) is 13.8. The van der Waals surface area contributed by atoms with Gasteiger partial charge in [0.25, 0.3) is 0 Å². The summed E-state index contributed by atoms with van der Waals surface area (Å²) in [7, 11) is 3.13. The zero-order valence-corrected chi connectivity index (χ0v) is 33.5. The molecule has 1 aromatic carbocycles.